The van der Waals surface area contributed by atoms with Crippen molar-refractivity contribution in [2.75, 3.05) is 26.2 Å². The van der Waals surface area contributed by atoms with E-state index in [1.165, 1.54) is 17.1 Å². The number of furan rings is 1. The zero-order valence-electron chi connectivity index (χ0n) is 17.1. The summed E-state index contributed by atoms with van der Waals surface area (Å²) in [6, 6.07) is 3.56. The molecule has 2 aromatic rings. The van der Waals surface area contributed by atoms with Crippen LogP contribution in [0.1, 0.15) is 22.6 Å². The van der Waals surface area contributed by atoms with Crippen molar-refractivity contribution in [3.8, 4) is 0 Å². The molecule has 0 bridgehead atoms. The van der Waals surface area contributed by atoms with Gasteiger partial charge in [0.1, 0.15) is 11.5 Å². The van der Waals surface area contributed by atoms with Gasteiger partial charge in [0.25, 0.3) is 0 Å². The zero-order valence-corrected chi connectivity index (χ0v) is 17.9. The predicted molar refractivity (Wildman–Crippen MR) is 104 cm³/mol. The number of aryl methyl sites for hydroxylation is 1. The molecular formula is C20H18F6N2O4S. The van der Waals surface area contributed by atoms with Crippen LogP contribution >= 0.6 is 0 Å². The van der Waals surface area contributed by atoms with Crippen molar-refractivity contribution in [3.05, 3.63) is 59.1 Å². The topological polar surface area (TPSA) is 70.8 Å². The highest BCUT2D eigenvalue weighted by Gasteiger charge is 2.39. The number of carbonyl (C=O) groups excluding carboxylic acids is 1. The number of hydrogen-bond acceptors (Lipinski definition) is 4. The maximum atomic E-state index is 13.1. The SMILES string of the molecule is Cc1ccc(/C=C/C(=O)N2CCN(S(=O)(=O)c3cc(C(F)(F)F)cc(C(F)(F)F)c3)CC2)o1. The third kappa shape index (κ3) is 5.77. The Kier molecular flexibility index (Phi) is 6.67. The Morgan fingerprint density at radius 3 is 1.94 bits per heavy atom. The molecule has 0 radical (unpaired) electrons. The quantitative estimate of drug-likeness (QED) is 0.471. The van der Waals surface area contributed by atoms with Crippen molar-refractivity contribution in [2.45, 2.75) is 24.2 Å². The molecule has 1 aromatic heterocycles. The van der Waals surface area contributed by atoms with Crippen LogP contribution in [-0.2, 0) is 27.2 Å². The largest absolute Gasteiger partial charge is 0.462 e. The molecule has 0 aliphatic carbocycles. The summed E-state index contributed by atoms with van der Waals surface area (Å²) in [5, 5.41) is 0. The van der Waals surface area contributed by atoms with Crippen molar-refractivity contribution in [1.82, 2.24) is 9.21 Å². The lowest BCUT2D eigenvalue weighted by Gasteiger charge is -2.33. The predicted octanol–water partition coefficient (Wildman–Crippen LogP) is 4.17. The second kappa shape index (κ2) is 8.86. The third-order valence-corrected chi connectivity index (χ3v) is 6.78. The van der Waals surface area contributed by atoms with E-state index in [2.05, 4.69) is 0 Å². The summed E-state index contributed by atoms with van der Waals surface area (Å²) in [4.78, 5) is 12.5. The van der Waals surface area contributed by atoms with E-state index in [0.29, 0.717) is 11.5 Å². The van der Waals surface area contributed by atoms with Crippen LogP contribution in [0.5, 0.6) is 0 Å². The third-order valence-electron chi connectivity index (χ3n) is 4.90. The van der Waals surface area contributed by atoms with Crippen LogP contribution in [0.4, 0.5) is 26.3 Å². The fraction of sp³-hybridized carbons (Fsp3) is 0.350. The highest BCUT2D eigenvalue weighted by Crippen LogP contribution is 2.37. The molecule has 1 aliphatic rings. The van der Waals surface area contributed by atoms with Crippen LogP contribution in [0.3, 0.4) is 0 Å². The van der Waals surface area contributed by atoms with Crippen molar-refractivity contribution in [3.63, 3.8) is 0 Å². The van der Waals surface area contributed by atoms with Gasteiger partial charge in [-0.2, -0.15) is 30.6 Å². The van der Waals surface area contributed by atoms with Crippen LogP contribution < -0.4 is 0 Å². The van der Waals surface area contributed by atoms with E-state index in [4.69, 9.17) is 4.42 Å². The normalized spacial score (nSPS) is 16.5. The molecule has 1 saturated heterocycles. The standard InChI is InChI=1S/C20H18F6N2O4S/c1-13-2-3-16(32-13)4-5-18(29)27-6-8-28(9-7-27)33(30,31)17-11-14(19(21,22)23)10-15(12-17)20(24,25)26/h2-5,10-12H,6-9H2,1H3/b5-4+. The van der Waals surface area contributed by atoms with Crippen LogP contribution in [-0.4, -0.2) is 49.7 Å². The van der Waals surface area contributed by atoms with Gasteiger partial charge in [0.15, 0.2) is 0 Å². The highest BCUT2D eigenvalue weighted by atomic mass is 32.2. The average molecular weight is 496 g/mol. The maximum absolute atomic E-state index is 13.1. The maximum Gasteiger partial charge on any atom is 0.416 e. The Morgan fingerprint density at radius 1 is 0.939 bits per heavy atom. The molecule has 0 atom stereocenters. The Balaban J connectivity index is 1.77. The Bertz CT molecular complexity index is 1130. The lowest BCUT2D eigenvalue weighted by atomic mass is 10.1. The van der Waals surface area contributed by atoms with Gasteiger partial charge in [-0.05, 0) is 43.3 Å². The molecule has 0 unspecified atom stereocenters. The van der Waals surface area contributed by atoms with Gasteiger partial charge in [0.05, 0.1) is 16.0 Å². The lowest BCUT2D eigenvalue weighted by molar-refractivity contribution is -0.143. The highest BCUT2D eigenvalue weighted by molar-refractivity contribution is 7.89. The second-order valence-corrected chi connectivity index (χ2v) is 9.19. The summed E-state index contributed by atoms with van der Waals surface area (Å²) in [7, 11) is -4.67. The summed E-state index contributed by atoms with van der Waals surface area (Å²) >= 11 is 0. The molecule has 2 heterocycles. The monoisotopic (exact) mass is 496 g/mol. The summed E-state index contributed by atoms with van der Waals surface area (Å²) in [6.45, 7) is 0.953. The number of piperazine rings is 1. The van der Waals surface area contributed by atoms with Crippen LogP contribution in [0, 0.1) is 6.92 Å². The lowest BCUT2D eigenvalue weighted by Crippen LogP contribution is -2.50. The number of hydrogen-bond donors (Lipinski definition) is 0. The van der Waals surface area contributed by atoms with Crippen LogP contribution in [0.2, 0.25) is 0 Å². The number of amides is 1. The van der Waals surface area contributed by atoms with Crippen molar-refractivity contribution in [1.29, 1.82) is 0 Å². The summed E-state index contributed by atoms with van der Waals surface area (Å²) < 4.78 is 110. The number of alkyl halides is 6. The Hall–Kier alpha value is -2.80. The van der Waals surface area contributed by atoms with Crippen molar-refractivity contribution in [2.24, 2.45) is 0 Å². The zero-order chi connectivity index (χ0) is 24.6. The smallest absolute Gasteiger partial charge is 0.416 e. The summed E-state index contributed by atoms with van der Waals surface area (Å²) in [5.74, 6) is 0.635. The molecule has 1 fully saturated rings. The summed E-state index contributed by atoms with van der Waals surface area (Å²) in [6.07, 6.45) is -7.68. The first-order valence-electron chi connectivity index (χ1n) is 9.51. The molecule has 1 aromatic carbocycles. The van der Waals surface area contributed by atoms with Crippen LogP contribution in [0.25, 0.3) is 6.08 Å². The summed E-state index contributed by atoms with van der Waals surface area (Å²) in [5.41, 5.74) is -3.44. The molecule has 1 amide bonds. The number of halogens is 6. The van der Waals surface area contributed by atoms with Gasteiger partial charge in [-0.15, -0.1) is 0 Å². The van der Waals surface area contributed by atoms with Crippen LogP contribution in [0.15, 0.2) is 45.7 Å². The molecule has 6 nitrogen and oxygen atoms in total. The number of benzene rings is 1. The molecule has 180 valence electrons. The van der Waals surface area contributed by atoms with Gasteiger partial charge in [0.2, 0.25) is 15.9 Å². The molecule has 0 spiro atoms. The van der Waals surface area contributed by atoms with Gasteiger partial charge >= 0.3 is 12.4 Å². The molecule has 33 heavy (non-hydrogen) atoms. The van der Waals surface area contributed by atoms with Crippen molar-refractivity contribution >= 4 is 22.0 Å². The van der Waals surface area contributed by atoms with Gasteiger partial charge in [-0.1, -0.05) is 0 Å². The molecule has 3 rings (SSSR count). The first-order valence-corrected chi connectivity index (χ1v) is 10.9. The van der Waals surface area contributed by atoms with E-state index in [1.54, 1.807) is 19.1 Å². The Morgan fingerprint density at radius 2 is 1.48 bits per heavy atom. The molecule has 0 saturated carbocycles. The van der Waals surface area contributed by atoms with E-state index in [9.17, 15) is 39.6 Å². The molecule has 13 heteroatoms. The molecule has 1 aliphatic heterocycles. The number of carbonyl (C=O) groups is 1. The number of rotatable bonds is 4. The fourth-order valence-electron chi connectivity index (χ4n) is 3.18. The van der Waals surface area contributed by atoms with Gasteiger partial charge in [-0.3, -0.25) is 4.79 Å². The minimum atomic E-state index is -5.17. The van der Waals surface area contributed by atoms with Gasteiger partial charge in [-0.25, -0.2) is 8.42 Å². The van der Waals surface area contributed by atoms with Gasteiger partial charge < -0.3 is 9.32 Å². The molecule has 0 N–H and O–H groups in total. The van der Waals surface area contributed by atoms with E-state index in [1.807, 2.05) is 0 Å². The minimum Gasteiger partial charge on any atom is -0.462 e. The first kappa shape index (κ1) is 24.8. The van der Waals surface area contributed by atoms with E-state index in [0.717, 1.165) is 4.31 Å². The van der Waals surface area contributed by atoms with E-state index >= 15 is 0 Å². The second-order valence-electron chi connectivity index (χ2n) is 7.25. The number of nitrogens with zero attached hydrogens (tertiary/aromatic N) is 2. The first-order chi connectivity index (χ1) is 15.2. The fourth-order valence-corrected chi connectivity index (χ4v) is 4.67. The van der Waals surface area contributed by atoms with Gasteiger partial charge in [0, 0.05) is 32.3 Å². The minimum absolute atomic E-state index is 0.0926. The van der Waals surface area contributed by atoms with E-state index in [-0.39, 0.29) is 44.4 Å². The number of sulfonamides is 1. The van der Waals surface area contributed by atoms with Crippen molar-refractivity contribution < 1.29 is 44.0 Å². The van der Waals surface area contributed by atoms with E-state index < -0.39 is 44.3 Å². The molecular weight excluding hydrogens is 478 g/mol. The Labute approximate surface area is 185 Å². The average Bonchev–Trinajstić information content (AvgIpc) is 3.15.